The van der Waals surface area contributed by atoms with E-state index in [2.05, 4.69) is 31.8 Å². The van der Waals surface area contributed by atoms with E-state index < -0.39 is 26.0 Å². The molecule has 0 saturated carbocycles. The average Bonchev–Trinajstić information content (AvgIpc) is 2.55. The van der Waals surface area contributed by atoms with E-state index in [9.17, 15) is 4.57 Å². The third-order valence-electron chi connectivity index (χ3n) is 4.64. The molecule has 0 aromatic rings. The van der Waals surface area contributed by atoms with Gasteiger partial charge in [-0.25, -0.2) is 0 Å². The van der Waals surface area contributed by atoms with Gasteiger partial charge in [-0.3, -0.25) is 0 Å². The summed E-state index contributed by atoms with van der Waals surface area (Å²) in [4.78, 5) is 0. The molecule has 0 aliphatic carbocycles. The number of hydrogen-bond acceptors (Lipinski definition) is 3. The van der Waals surface area contributed by atoms with Gasteiger partial charge >= 0.3 is 149 Å². The van der Waals surface area contributed by atoms with E-state index in [1.54, 1.807) is 0 Å². The summed E-state index contributed by atoms with van der Waals surface area (Å²) in [7, 11) is 0.0352. The minimum absolute atomic E-state index is 0.447. The van der Waals surface area contributed by atoms with Crippen molar-refractivity contribution in [2.45, 2.75) is 79.5 Å². The van der Waals surface area contributed by atoms with Gasteiger partial charge in [0.05, 0.1) is 0 Å². The third-order valence-corrected chi connectivity index (χ3v) is 21.3. The molecule has 0 heterocycles. The summed E-state index contributed by atoms with van der Waals surface area (Å²) < 4.78 is 29.6. The molecule has 0 spiro atoms. The SMILES string of the molecule is CCC[CH2][Sn](/[CH]=C(\C)CP(=O)(OC)OC)([CH2]CCC)[CH2]CCC. The van der Waals surface area contributed by atoms with Crippen molar-refractivity contribution in [1.82, 2.24) is 0 Å². The summed E-state index contributed by atoms with van der Waals surface area (Å²) >= 11 is -2.31. The second kappa shape index (κ2) is 13.0. The van der Waals surface area contributed by atoms with Crippen LogP contribution in [0.2, 0.25) is 13.3 Å². The Morgan fingerprint density at radius 1 is 0.913 bits per heavy atom. The quantitative estimate of drug-likeness (QED) is 0.214. The third kappa shape index (κ3) is 9.67. The Bertz CT molecular complexity index is 353. The molecule has 138 valence electrons. The fourth-order valence-electron chi connectivity index (χ4n) is 3.26. The van der Waals surface area contributed by atoms with Gasteiger partial charge in [-0.15, -0.1) is 0 Å². The van der Waals surface area contributed by atoms with Gasteiger partial charge in [0, 0.05) is 0 Å². The van der Waals surface area contributed by atoms with Crippen molar-refractivity contribution in [2.75, 3.05) is 20.4 Å². The molecule has 0 fully saturated rings. The van der Waals surface area contributed by atoms with Crippen molar-refractivity contribution in [1.29, 1.82) is 0 Å². The molecular formula is C18H39O3PSn. The van der Waals surface area contributed by atoms with Crippen molar-refractivity contribution in [3.05, 3.63) is 9.67 Å². The van der Waals surface area contributed by atoms with Crippen LogP contribution in [-0.2, 0) is 13.6 Å². The molecule has 0 bridgehead atoms. The predicted molar refractivity (Wildman–Crippen MR) is 105 cm³/mol. The summed E-state index contributed by atoms with van der Waals surface area (Å²) in [5, 5.41) is 0. The Morgan fingerprint density at radius 3 is 1.61 bits per heavy atom. The van der Waals surface area contributed by atoms with E-state index in [-0.39, 0.29) is 0 Å². The minimum atomic E-state index is -2.94. The first-order valence-corrected chi connectivity index (χ1v) is 18.7. The first kappa shape index (κ1) is 23.7. The van der Waals surface area contributed by atoms with E-state index >= 15 is 0 Å². The molecule has 0 N–H and O–H groups in total. The van der Waals surface area contributed by atoms with Crippen LogP contribution in [0.1, 0.15) is 66.2 Å². The van der Waals surface area contributed by atoms with Gasteiger partial charge in [0.2, 0.25) is 0 Å². The Kier molecular flexibility index (Phi) is 13.4. The molecule has 23 heavy (non-hydrogen) atoms. The van der Waals surface area contributed by atoms with Crippen molar-refractivity contribution in [2.24, 2.45) is 0 Å². The molecule has 0 unspecified atom stereocenters. The van der Waals surface area contributed by atoms with Gasteiger partial charge < -0.3 is 0 Å². The predicted octanol–water partition coefficient (Wildman–Crippen LogP) is 6.81. The summed E-state index contributed by atoms with van der Waals surface area (Å²) in [5.74, 6) is 0. The molecule has 0 aliphatic heterocycles. The van der Waals surface area contributed by atoms with Crippen molar-refractivity contribution < 1.29 is 13.6 Å². The number of unbranched alkanes of at least 4 members (excludes halogenated alkanes) is 3. The Morgan fingerprint density at radius 2 is 1.30 bits per heavy atom. The normalized spacial score (nSPS) is 13.6. The Hall–Kier alpha value is 0.689. The second-order valence-corrected chi connectivity index (χ2v) is 21.9. The molecule has 0 radical (unpaired) electrons. The van der Waals surface area contributed by atoms with Crippen LogP contribution in [0.5, 0.6) is 0 Å². The van der Waals surface area contributed by atoms with E-state index in [1.807, 2.05) is 0 Å². The van der Waals surface area contributed by atoms with Crippen LogP contribution < -0.4 is 0 Å². The molecule has 0 aliphatic rings. The van der Waals surface area contributed by atoms with Crippen LogP contribution in [0.15, 0.2) is 9.67 Å². The zero-order valence-electron chi connectivity index (χ0n) is 16.3. The van der Waals surface area contributed by atoms with Gasteiger partial charge in [-0.2, -0.15) is 0 Å². The Balaban J connectivity index is 5.33. The standard InChI is InChI=1S/C6H12O3P.3C4H9.Sn/c1-6(2)5-10(7,8-3)9-4;3*1-3-4-2;/h1H,5H2,2-4H3;3*1,3-4H2,2H3;. The first-order chi connectivity index (χ1) is 10.9. The zero-order chi connectivity index (χ0) is 17.8. The maximum atomic E-state index is 12.4. The van der Waals surface area contributed by atoms with Gasteiger partial charge in [-0.1, -0.05) is 0 Å². The second-order valence-electron chi connectivity index (χ2n) is 6.80. The van der Waals surface area contributed by atoms with Crippen molar-refractivity contribution >= 4 is 26.0 Å². The summed E-state index contributed by atoms with van der Waals surface area (Å²) in [5.41, 5.74) is 1.23. The van der Waals surface area contributed by atoms with Crippen LogP contribution in [0.4, 0.5) is 0 Å². The topological polar surface area (TPSA) is 35.5 Å². The molecule has 5 heteroatoms. The van der Waals surface area contributed by atoms with Crippen molar-refractivity contribution in [3.8, 4) is 0 Å². The van der Waals surface area contributed by atoms with E-state index in [1.165, 1.54) is 71.6 Å². The number of hydrogen-bond donors (Lipinski definition) is 0. The molecule has 0 saturated heterocycles. The zero-order valence-corrected chi connectivity index (χ0v) is 20.1. The van der Waals surface area contributed by atoms with Gasteiger partial charge in [0.25, 0.3) is 0 Å². The van der Waals surface area contributed by atoms with E-state index in [0.29, 0.717) is 6.16 Å². The molecule has 0 amide bonds. The van der Waals surface area contributed by atoms with Gasteiger partial charge in [0.15, 0.2) is 0 Å². The fourth-order valence-corrected chi connectivity index (χ4v) is 20.6. The van der Waals surface area contributed by atoms with Crippen LogP contribution in [0, 0.1) is 0 Å². The van der Waals surface area contributed by atoms with Crippen LogP contribution >= 0.6 is 7.60 Å². The molecule has 0 atom stereocenters. The van der Waals surface area contributed by atoms with E-state index in [4.69, 9.17) is 9.05 Å². The number of allylic oxidation sites excluding steroid dienone is 1. The first-order valence-electron chi connectivity index (χ1n) is 9.29. The fraction of sp³-hybridized carbons (Fsp3) is 0.889. The summed E-state index contributed by atoms with van der Waals surface area (Å²) in [6.07, 6.45) is 8.32. The van der Waals surface area contributed by atoms with Crippen molar-refractivity contribution in [3.63, 3.8) is 0 Å². The number of rotatable bonds is 14. The molecule has 0 aromatic carbocycles. The average molecular weight is 453 g/mol. The maximum absolute atomic E-state index is 12.4. The van der Waals surface area contributed by atoms with Crippen LogP contribution in [0.25, 0.3) is 0 Å². The van der Waals surface area contributed by atoms with Crippen LogP contribution in [0.3, 0.4) is 0 Å². The molecule has 0 aromatic heterocycles. The molecular weight excluding hydrogens is 414 g/mol. The molecule has 3 nitrogen and oxygen atoms in total. The van der Waals surface area contributed by atoms with Gasteiger partial charge in [0.1, 0.15) is 0 Å². The monoisotopic (exact) mass is 454 g/mol. The van der Waals surface area contributed by atoms with Crippen LogP contribution in [-0.4, -0.2) is 38.8 Å². The van der Waals surface area contributed by atoms with E-state index in [0.717, 1.165) is 0 Å². The Labute approximate surface area is 149 Å². The van der Waals surface area contributed by atoms with Gasteiger partial charge in [-0.05, 0) is 0 Å². The summed E-state index contributed by atoms with van der Waals surface area (Å²) in [6, 6.07) is 0. The molecule has 0 rings (SSSR count). The summed E-state index contributed by atoms with van der Waals surface area (Å²) in [6.45, 7) is 8.99.